The van der Waals surface area contributed by atoms with E-state index in [1.807, 2.05) is 13.8 Å². The Morgan fingerprint density at radius 3 is 2.14 bits per heavy atom. The van der Waals surface area contributed by atoms with Crippen molar-refractivity contribution in [2.75, 3.05) is 13.1 Å². The van der Waals surface area contributed by atoms with E-state index in [2.05, 4.69) is 24.5 Å². The van der Waals surface area contributed by atoms with Gasteiger partial charge in [0.25, 0.3) is 0 Å². The Kier molecular flexibility index (Phi) is 10.9. The predicted octanol–water partition coefficient (Wildman–Crippen LogP) is 1.81. The van der Waals surface area contributed by atoms with Gasteiger partial charge in [0.1, 0.15) is 0 Å². The second kappa shape index (κ2) is 11.5. The number of hydrogen-bond donors (Lipinski definition) is 3. The van der Waals surface area contributed by atoms with Gasteiger partial charge < -0.3 is 16.4 Å². The molecule has 0 aromatic heterocycles. The molecule has 0 aliphatic carbocycles. The first-order valence-corrected chi connectivity index (χ1v) is 8.14. The standard InChI is InChI=1S/C16H33N3O2/c1-12(2)14(8-9-15(17)20)16(21)19-11-7-5-6-10-18-13(3)4/h12-14,18H,5-11H2,1-4H3,(H2,17,20)(H,19,21). The molecule has 4 N–H and O–H groups in total. The van der Waals surface area contributed by atoms with Crippen LogP contribution < -0.4 is 16.4 Å². The molecule has 1 atom stereocenters. The van der Waals surface area contributed by atoms with E-state index in [-0.39, 0.29) is 30.1 Å². The van der Waals surface area contributed by atoms with Gasteiger partial charge in [0, 0.05) is 24.9 Å². The van der Waals surface area contributed by atoms with Crippen molar-refractivity contribution >= 4 is 11.8 Å². The minimum Gasteiger partial charge on any atom is -0.370 e. The molecule has 0 aromatic carbocycles. The monoisotopic (exact) mass is 299 g/mol. The van der Waals surface area contributed by atoms with Crippen molar-refractivity contribution in [3.63, 3.8) is 0 Å². The number of carbonyl (C=O) groups excluding carboxylic acids is 2. The lowest BCUT2D eigenvalue weighted by Gasteiger charge is -2.19. The minimum absolute atomic E-state index is 0.0477. The van der Waals surface area contributed by atoms with E-state index < -0.39 is 0 Å². The van der Waals surface area contributed by atoms with Crippen molar-refractivity contribution in [2.24, 2.45) is 17.6 Å². The van der Waals surface area contributed by atoms with E-state index in [1.54, 1.807) is 0 Å². The van der Waals surface area contributed by atoms with Crippen LogP contribution in [0.2, 0.25) is 0 Å². The van der Waals surface area contributed by atoms with E-state index in [4.69, 9.17) is 5.73 Å². The number of nitrogens with two attached hydrogens (primary N) is 1. The van der Waals surface area contributed by atoms with Gasteiger partial charge in [-0.2, -0.15) is 0 Å². The van der Waals surface area contributed by atoms with Crippen LogP contribution in [0, 0.1) is 11.8 Å². The summed E-state index contributed by atoms with van der Waals surface area (Å²) in [4.78, 5) is 22.9. The van der Waals surface area contributed by atoms with Crippen LogP contribution in [-0.2, 0) is 9.59 Å². The zero-order valence-corrected chi connectivity index (χ0v) is 14.1. The molecule has 1 unspecified atom stereocenters. The van der Waals surface area contributed by atoms with Crippen molar-refractivity contribution in [1.82, 2.24) is 10.6 Å². The molecule has 0 aromatic rings. The summed E-state index contributed by atoms with van der Waals surface area (Å²) in [5.74, 6) is -0.197. The third kappa shape index (κ3) is 11.3. The minimum atomic E-state index is -0.342. The Balaban J connectivity index is 3.80. The number of nitrogens with one attached hydrogen (secondary N) is 2. The lowest BCUT2D eigenvalue weighted by Crippen LogP contribution is -2.35. The van der Waals surface area contributed by atoms with Crippen LogP contribution in [0.5, 0.6) is 0 Å². The molecule has 0 radical (unpaired) electrons. The Morgan fingerprint density at radius 1 is 1.00 bits per heavy atom. The molecule has 0 saturated heterocycles. The number of rotatable bonds is 12. The molecule has 0 rings (SSSR count). The number of hydrogen-bond acceptors (Lipinski definition) is 3. The van der Waals surface area contributed by atoms with Crippen molar-refractivity contribution in [3.05, 3.63) is 0 Å². The molecule has 5 nitrogen and oxygen atoms in total. The van der Waals surface area contributed by atoms with Gasteiger partial charge in [-0.25, -0.2) is 0 Å². The molecule has 0 saturated carbocycles. The molecule has 0 aliphatic heterocycles. The number of primary amides is 1. The number of amides is 2. The van der Waals surface area contributed by atoms with Crippen LogP contribution in [0.3, 0.4) is 0 Å². The quantitative estimate of drug-likeness (QED) is 0.480. The maximum absolute atomic E-state index is 12.1. The Labute approximate surface area is 129 Å². The summed E-state index contributed by atoms with van der Waals surface area (Å²) >= 11 is 0. The topological polar surface area (TPSA) is 84.2 Å². The second-order valence-corrected chi connectivity index (χ2v) is 6.32. The van der Waals surface area contributed by atoms with Gasteiger partial charge in [-0.1, -0.05) is 34.1 Å². The van der Waals surface area contributed by atoms with Gasteiger partial charge in [-0.05, 0) is 31.7 Å². The van der Waals surface area contributed by atoms with Gasteiger partial charge in [0.2, 0.25) is 11.8 Å². The van der Waals surface area contributed by atoms with Crippen LogP contribution in [0.25, 0.3) is 0 Å². The summed E-state index contributed by atoms with van der Waals surface area (Å²) in [6.07, 6.45) is 4.04. The summed E-state index contributed by atoms with van der Waals surface area (Å²) in [6.45, 7) is 10.0. The smallest absolute Gasteiger partial charge is 0.223 e. The normalized spacial score (nSPS) is 12.7. The fourth-order valence-corrected chi connectivity index (χ4v) is 2.23. The number of carbonyl (C=O) groups is 2. The molecule has 21 heavy (non-hydrogen) atoms. The van der Waals surface area contributed by atoms with Gasteiger partial charge in [0.15, 0.2) is 0 Å². The molecule has 0 bridgehead atoms. The van der Waals surface area contributed by atoms with E-state index in [9.17, 15) is 9.59 Å². The third-order valence-electron chi connectivity index (χ3n) is 3.55. The van der Waals surface area contributed by atoms with Crippen molar-refractivity contribution in [1.29, 1.82) is 0 Å². The largest absolute Gasteiger partial charge is 0.370 e. The molecule has 124 valence electrons. The lowest BCUT2D eigenvalue weighted by atomic mass is 9.90. The Bertz CT molecular complexity index is 304. The van der Waals surface area contributed by atoms with E-state index in [0.29, 0.717) is 19.0 Å². The highest BCUT2D eigenvalue weighted by molar-refractivity contribution is 5.80. The zero-order valence-electron chi connectivity index (χ0n) is 14.1. The first-order valence-electron chi connectivity index (χ1n) is 8.14. The first-order chi connectivity index (χ1) is 9.84. The van der Waals surface area contributed by atoms with Crippen LogP contribution in [0.4, 0.5) is 0 Å². The zero-order chi connectivity index (χ0) is 16.3. The maximum atomic E-state index is 12.1. The fourth-order valence-electron chi connectivity index (χ4n) is 2.23. The lowest BCUT2D eigenvalue weighted by molar-refractivity contribution is -0.127. The van der Waals surface area contributed by atoms with Crippen LogP contribution in [-0.4, -0.2) is 30.9 Å². The van der Waals surface area contributed by atoms with Crippen molar-refractivity contribution in [3.8, 4) is 0 Å². The SMILES string of the molecule is CC(C)NCCCCCNC(=O)C(CCC(N)=O)C(C)C. The average Bonchev–Trinajstić information content (AvgIpc) is 2.36. The van der Waals surface area contributed by atoms with E-state index in [1.165, 1.54) is 0 Å². The third-order valence-corrected chi connectivity index (χ3v) is 3.55. The molecule has 0 spiro atoms. The molecule has 5 heteroatoms. The molecule has 2 amide bonds. The molecule has 0 aliphatic rings. The van der Waals surface area contributed by atoms with Gasteiger partial charge in [-0.15, -0.1) is 0 Å². The highest BCUT2D eigenvalue weighted by Crippen LogP contribution is 2.17. The van der Waals surface area contributed by atoms with Crippen LogP contribution >= 0.6 is 0 Å². The first kappa shape index (κ1) is 19.9. The molecule has 0 heterocycles. The summed E-state index contributed by atoms with van der Waals surface area (Å²) in [7, 11) is 0. The van der Waals surface area contributed by atoms with Gasteiger partial charge in [0.05, 0.1) is 0 Å². The fraction of sp³-hybridized carbons (Fsp3) is 0.875. The highest BCUT2D eigenvalue weighted by Gasteiger charge is 2.22. The molecular weight excluding hydrogens is 266 g/mol. The summed E-state index contributed by atoms with van der Waals surface area (Å²) in [5, 5.41) is 6.35. The highest BCUT2D eigenvalue weighted by atomic mass is 16.2. The predicted molar refractivity (Wildman–Crippen MR) is 86.8 cm³/mol. The summed E-state index contributed by atoms with van der Waals surface area (Å²) in [6, 6.07) is 0.529. The Hall–Kier alpha value is -1.10. The van der Waals surface area contributed by atoms with Gasteiger partial charge in [-0.3, -0.25) is 9.59 Å². The average molecular weight is 299 g/mol. The maximum Gasteiger partial charge on any atom is 0.223 e. The van der Waals surface area contributed by atoms with E-state index in [0.717, 1.165) is 25.8 Å². The second-order valence-electron chi connectivity index (χ2n) is 6.32. The summed E-state index contributed by atoms with van der Waals surface area (Å²) < 4.78 is 0. The van der Waals surface area contributed by atoms with Crippen LogP contribution in [0.1, 0.15) is 59.8 Å². The number of unbranched alkanes of at least 4 members (excludes halogenated alkanes) is 2. The Morgan fingerprint density at radius 2 is 1.62 bits per heavy atom. The van der Waals surface area contributed by atoms with Gasteiger partial charge >= 0.3 is 0 Å². The molecular formula is C16H33N3O2. The molecule has 0 fully saturated rings. The van der Waals surface area contributed by atoms with Crippen LogP contribution in [0.15, 0.2) is 0 Å². The summed E-state index contributed by atoms with van der Waals surface area (Å²) in [5.41, 5.74) is 5.15. The van der Waals surface area contributed by atoms with Crippen molar-refractivity contribution in [2.45, 2.75) is 65.8 Å². The van der Waals surface area contributed by atoms with Crippen molar-refractivity contribution < 1.29 is 9.59 Å². The van der Waals surface area contributed by atoms with E-state index >= 15 is 0 Å².